The molecule has 1 aliphatic carbocycles. The van der Waals surface area contributed by atoms with Crippen molar-refractivity contribution in [3.05, 3.63) is 82.9 Å². The summed E-state index contributed by atoms with van der Waals surface area (Å²) in [6.07, 6.45) is -2.18. The molecule has 1 atom stereocenters. The zero-order valence-electron chi connectivity index (χ0n) is 18.2. The number of nitrogens with zero attached hydrogens (tertiary/aromatic N) is 4. The third kappa shape index (κ3) is 4.34. The van der Waals surface area contributed by atoms with Crippen LogP contribution < -0.4 is 9.80 Å². The number of fused-ring (bicyclic) bond motifs is 1. The minimum absolute atomic E-state index is 0.101. The second-order valence-electron chi connectivity index (χ2n) is 8.60. The van der Waals surface area contributed by atoms with Gasteiger partial charge in [-0.05, 0) is 42.2 Å². The Morgan fingerprint density at radius 1 is 0.912 bits per heavy atom. The minimum atomic E-state index is -4.38. The molecule has 5 nitrogen and oxygen atoms in total. The maximum Gasteiger partial charge on any atom is 0.416 e. The van der Waals surface area contributed by atoms with Crippen molar-refractivity contribution >= 4 is 17.4 Å². The number of anilines is 2. The van der Waals surface area contributed by atoms with Gasteiger partial charge in [0.1, 0.15) is 5.82 Å². The minimum Gasteiger partial charge on any atom is -0.368 e. The van der Waals surface area contributed by atoms with E-state index in [1.54, 1.807) is 24.3 Å². The van der Waals surface area contributed by atoms with Crippen LogP contribution in [0.3, 0.4) is 0 Å². The second kappa shape index (κ2) is 8.70. The molecule has 1 aromatic heterocycles. The monoisotopic (exact) mass is 470 g/mol. The zero-order valence-corrected chi connectivity index (χ0v) is 18.2. The van der Waals surface area contributed by atoms with Crippen molar-refractivity contribution in [2.45, 2.75) is 24.9 Å². The third-order valence-corrected chi connectivity index (χ3v) is 6.47. The number of hydrogen-bond donors (Lipinski definition) is 0. The number of aromatic nitrogens is 2. The average molecular weight is 470 g/mol. The highest BCUT2D eigenvalue weighted by atomic mass is 19.4. The summed E-state index contributed by atoms with van der Waals surface area (Å²) in [5.41, 5.74) is 1.45. The lowest BCUT2D eigenvalue weighted by atomic mass is 9.82. The first kappa shape index (κ1) is 22.3. The lowest BCUT2D eigenvalue weighted by Crippen LogP contribution is -2.47. The molecule has 5 rings (SSSR count). The Bertz CT molecular complexity index is 1220. The van der Waals surface area contributed by atoms with E-state index in [1.165, 1.54) is 24.4 Å². The van der Waals surface area contributed by atoms with Crippen LogP contribution >= 0.6 is 0 Å². The van der Waals surface area contributed by atoms with E-state index in [4.69, 9.17) is 0 Å². The predicted molar refractivity (Wildman–Crippen MR) is 120 cm³/mol. The molecule has 9 heteroatoms. The largest absolute Gasteiger partial charge is 0.416 e. The summed E-state index contributed by atoms with van der Waals surface area (Å²) in [6, 6.07) is 11.8. The first-order valence-electron chi connectivity index (χ1n) is 11.1. The molecule has 176 valence electrons. The van der Waals surface area contributed by atoms with Crippen molar-refractivity contribution < 1.29 is 22.4 Å². The van der Waals surface area contributed by atoms with Gasteiger partial charge in [-0.1, -0.05) is 24.3 Å². The second-order valence-corrected chi connectivity index (χ2v) is 8.60. The number of carbonyl (C=O) groups excluding carboxylic acids is 1. The molecule has 34 heavy (non-hydrogen) atoms. The molecule has 3 aromatic rings. The highest BCUT2D eigenvalue weighted by molar-refractivity contribution is 5.98. The molecular weight excluding hydrogens is 448 g/mol. The summed E-state index contributed by atoms with van der Waals surface area (Å²) in [4.78, 5) is 25.5. The van der Waals surface area contributed by atoms with E-state index in [9.17, 15) is 22.4 Å². The SMILES string of the molecule is O=C1C[C@@H](c2ccccc2F)Cc2nc(N3CCN(c4cccc(C(F)(F)F)c4)CC3)ncc21. The van der Waals surface area contributed by atoms with Crippen LogP contribution in [0.15, 0.2) is 54.7 Å². The molecule has 2 aliphatic rings. The number of carbonyl (C=O) groups is 1. The van der Waals surface area contributed by atoms with Crippen LogP contribution in [0.2, 0.25) is 0 Å². The number of halogens is 4. The van der Waals surface area contributed by atoms with Crippen molar-refractivity contribution in [3.63, 3.8) is 0 Å². The molecule has 0 unspecified atom stereocenters. The smallest absolute Gasteiger partial charge is 0.368 e. The Morgan fingerprint density at radius 2 is 1.65 bits per heavy atom. The van der Waals surface area contributed by atoms with E-state index in [-0.39, 0.29) is 23.9 Å². The van der Waals surface area contributed by atoms with E-state index in [0.29, 0.717) is 61.1 Å². The summed E-state index contributed by atoms with van der Waals surface area (Å²) < 4.78 is 53.5. The van der Waals surface area contributed by atoms with E-state index < -0.39 is 11.7 Å². The first-order valence-corrected chi connectivity index (χ1v) is 11.1. The molecule has 1 saturated heterocycles. The summed E-state index contributed by atoms with van der Waals surface area (Å²) >= 11 is 0. The molecule has 1 aliphatic heterocycles. The van der Waals surface area contributed by atoms with Crippen molar-refractivity contribution in [2.75, 3.05) is 36.0 Å². The van der Waals surface area contributed by atoms with Gasteiger partial charge >= 0.3 is 6.18 Å². The Kier molecular flexibility index (Phi) is 5.71. The number of hydrogen-bond acceptors (Lipinski definition) is 5. The highest BCUT2D eigenvalue weighted by Gasteiger charge is 2.32. The molecule has 0 N–H and O–H groups in total. The zero-order chi connectivity index (χ0) is 23.9. The number of rotatable bonds is 3. The Balaban J connectivity index is 1.31. The average Bonchev–Trinajstić information content (AvgIpc) is 2.83. The number of ketones is 1. The number of alkyl halides is 3. The number of benzene rings is 2. The van der Waals surface area contributed by atoms with Gasteiger partial charge in [0.2, 0.25) is 5.95 Å². The van der Waals surface area contributed by atoms with Crippen LogP contribution in [0.4, 0.5) is 29.2 Å². The van der Waals surface area contributed by atoms with Crippen molar-refractivity contribution in [2.24, 2.45) is 0 Å². The Morgan fingerprint density at radius 3 is 2.38 bits per heavy atom. The van der Waals surface area contributed by atoms with Gasteiger partial charge in [0.05, 0.1) is 16.8 Å². The van der Waals surface area contributed by atoms with Gasteiger partial charge in [-0.15, -0.1) is 0 Å². The van der Waals surface area contributed by atoms with Crippen LogP contribution in [0.25, 0.3) is 0 Å². The molecule has 0 amide bonds. The lowest BCUT2D eigenvalue weighted by molar-refractivity contribution is -0.137. The fraction of sp³-hybridized carbons (Fsp3) is 0.320. The summed E-state index contributed by atoms with van der Waals surface area (Å²) in [7, 11) is 0. The van der Waals surface area contributed by atoms with Gasteiger partial charge < -0.3 is 9.80 Å². The summed E-state index contributed by atoms with van der Waals surface area (Å²) in [5, 5.41) is 0. The van der Waals surface area contributed by atoms with Gasteiger partial charge in [0.25, 0.3) is 0 Å². The van der Waals surface area contributed by atoms with E-state index in [0.717, 1.165) is 6.07 Å². The van der Waals surface area contributed by atoms with Crippen LogP contribution in [-0.4, -0.2) is 41.9 Å². The fourth-order valence-corrected chi connectivity index (χ4v) is 4.66. The lowest BCUT2D eigenvalue weighted by Gasteiger charge is -2.36. The highest BCUT2D eigenvalue weighted by Crippen LogP contribution is 2.34. The quantitative estimate of drug-likeness (QED) is 0.511. The number of Topliss-reactive ketones (excluding diaryl/α,β-unsaturated/α-hetero) is 1. The molecule has 0 radical (unpaired) electrons. The van der Waals surface area contributed by atoms with E-state index in [1.807, 2.05) is 9.80 Å². The fourth-order valence-electron chi connectivity index (χ4n) is 4.66. The molecule has 0 bridgehead atoms. The van der Waals surface area contributed by atoms with Crippen molar-refractivity contribution in [1.82, 2.24) is 9.97 Å². The van der Waals surface area contributed by atoms with Gasteiger partial charge in [-0.25, -0.2) is 14.4 Å². The third-order valence-electron chi connectivity index (χ3n) is 6.47. The van der Waals surface area contributed by atoms with Crippen LogP contribution in [0.1, 0.15) is 39.5 Å². The molecule has 0 spiro atoms. The maximum absolute atomic E-state index is 14.3. The number of piperazine rings is 1. The maximum atomic E-state index is 14.3. The normalized spacial score (nSPS) is 18.7. The van der Waals surface area contributed by atoms with Gasteiger partial charge in [-0.3, -0.25) is 4.79 Å². The topological polar surface area (TPSA) is 49.3 Å². The van der Waals surface area contributed by atoms with Crippen molar-refractivity contribution in [1.29, 1.82) is 0 Å². The molecule has 0 saturated carbocycles. The summed E-state index contributed by atoms with van der Waals surface area (Å²) in [6.45, 7) is 2.08. The summed E-state index contributed by atoms with van der Waals surface area (Å²) in [5.74, 6) is -0.231. The van der Waals surface area contributed by atoms with Gasteiger partial charge in [0.15, 0.2) is 5.78 Å². The molecule has 2 heterocycles. The predicted octanol–water partition coefficient (Wildman–Crippen LogP) is 4.87. The van der Waals surface area contributed by atoms with Crippen LogP contribution in [-0.2, 0) is 12.6 Å². The van der Waals surface area contributed by atoms with Gasteiger partial charge in [0, 0.05) is 44.5 Å². The van der Waals surface area contributed by atoms with Crippen LogP contribution in [0, 0.1) is 5.82 Å². The van der Waals surface area contributed by atoms with E-state index in [2.05, 4.69) is 9.97 Å². The molecular formula is C25H22F4N4O. The molecule has 2 aromatic carbocycles. The van der Waals surface area contributed by atoms with E-state index >= 15 is 0 Å². The van der Waals surface area contributed by atoms with Crippen molar-refractivity contribution in [3.8, 4) is 0 Å². The standard InChI is InChI=1S/C25H22F4N4O/c26-21-7-2-1-6-19(21)16-12-22-20(23(34)13-16)15-30-24(31-22)33-10-8-32(9-11-33)18-5-3-4-17(14-18)25(27,28)29/h1-7,14-16H,8-13H2/t16-/m0/s1. The van der Waals surface area contributed by atoms with Gasteiger partial charge in [-0.2, -0.15) is 13.2 Å². The van der Waals surface area contributed by atoms with Crippen LogP contribution in [0.5, 0.6) is 0 Å². The molecule has 1 fully saturated rings. The Labute approximate surface area is 194 Å². The Hall–Kier alpha value is -3.49. The first-order chi connectivity index (χ1) is 16.3.